The number of rotatable bonds is 2. The molecule has 0 aliphatic heterocycles. The van der Waals surface area contributed by atoms with Crippen molar-refractivity contribution in [2.75, 3.05) is 0 Å². The number of hydrogen-bond donors (Lipinski definition) is 0. The van der Waals surface area contributed by atoms with Gasteiger partial charge in [-0.3, -0.25) is 0 Å². The summed E-state index contributed by atoms with van der Waals surface area (Å²) in [5, 5.41) is 0.968. The summed E-state index contributed by atoms with van der Waals surface area (Å²) >= 11 is 7.93. The van der Waals surface area contributed by atoms with Crippen LogP contribution in [-0.4, -0.2) is 23.0 Å². The topological polar surface area (TPSA) is 0 Å². The van der Waals surface area contributed by atoms with Crippen molar-refractivity contribution in [2.24, 2.45) is 0 Å². The zero-order valence-corrected chi connectivity index (χ0v) is 9.74. The van der Waals surface area contributed by atoms with E-state index in [1.807, 2.05) is 0 Å². The van der Waals surface area contributed by atoms with Gasteiger partial charge in [0.1, 0.15) is 0 Å². The molecule has 1 aromatic rings. The molecule has 0 bridgehead atoms. The van der Waals surface area contributed by atoms with E-state index in [4.69, 9.17) is 11.6 Å². The predicted molar refractivity (Wildman–Crippen MR) is 50.7 cm³/mol. The third-order valence-electron chi connectivity index (χ3n) is 1.73. The van der Waals surface area contributed by atoms with Crippen molar-refractivity contribution in [3.63, 3.8) is 0 Å². The van der Waals surface area contributed by atoms with Crippen LogP contribution >= 0.6 is 11.6 Å². The van der Waals surface area contributed by atoms with Gasteiger partial charge in [0.05, 0.1) is 0 Å². The number of halogens is 4. The quantitative estimate of drug-likeness (QED) is 0.731. The molecule has 0 saturated carbocycles. The van der Waals surface area contributed by atoms with Crippen LogP contribution < -0.4 is 0 Å². The molecule has 0 aliphatic carbocycles. The van der Waals surface area contributed by atoms with Crippen LogP contribution in [0, 0.1) is 0 Å². The van der Waals surface area contributed by atoms with Crippen molar-refractivity contribution in [1.82, 2.24) is 0 Å². The first-order chi connectivity index (χ1) is 6.42. The van der Waals surface area contributed by atoms with Gasteiger partial charge in [-0.15, -0.1) is 0 Å². The van der Waals surface area contributed by atoms with E-state index >= 15 is 0 Å². The van der Waals surface area contributed by atoms with Crippen molar-refractivity contribution >= 4 is 28.5 Å². The van der Waals surface area contributed by atoms with Crippen molar-refractivity contribution in [1.29, 1.82) is 0 Å². The van der Waals surface area contributed by atoms with Gasteiger partial charge in [-0.1, -0.05) is 0 Å². The molecule has 0 fully saturated rings. The Balaban J connectivity index is 2.97. The van der Waals surface area contributed by atoms with E-state index in [0.717, 1.165) is 0 Å². The molecule has 0 heterocycles. The zero-order chi connectivity index (χ0) is 10.8. The molecule has 5 heteroatoms. The van der Waals surface area contributed by atoms with Crippen molar-refractivity contribution in [3.8, 4) is 0 Å². The normalized spacial score (nSPS) is 11.8. The second-order valence-corrected chi connectivity index (χ2v) is 3.96. The molecule has 0 atom stereocenters. The molecule has 0 saturated heterocycles. The SMILES string of the molecule is FC(F)(F)Cc1ccc(Cl)cc1C[As]. The summed E-state index contributed by atoms with van der Waals surface area (Å²) < 4.78 is 36.4. The molecule has 0 spiro atoms. The van der Waals surface area contributed by atoms with Gasteiger partial charge >= 0.3 is 93.8 Å². The first-order valence-electron chi connectivity index (χ1n) is 3.87. The molecule has 76 valence electrons. The number of hydrogen-bond acceptors (Lipinski definition) is 0. The molecule has 0 nitrogen and oxygen atoms in total. The van der Waals surface area contributed by atoms with E-state index in [9.17, 15) is 13.2 Å². The Morgan fingerprint density at radius 1 is 1.21 bits per heavy atom. The van der Waals surface area contributed by atoms with E-state index in [2.05, 4.69) is 16.9 Å². The first kappa shape index (κ1) is 11.9. The Bertz CT molecular complexity index is 322. The summed E-state index contributed by atoms with van der Waals surface area (Å²) in [6, 6.07) is 4.48. The molecule has 0 amide bonds. The Morgan fingerprint density at radius 3 is 2.36 bits per heavy atom. The predicted octanol–water partition coefficient (Wildman–Crippen LogP) is 3.11. The number of benzene rings is 1. The standard InChI is InChI=1S/C9H7AsClF3/c10-5-7-3-8(11)2-1-6(7)4-9(12,13)14/h1-3H,4-5H2. The molecule has 0 aliphatic rings. The third-order valence-corrected chi connectivity index (χ3v) is 2.68. The van der Waals surface area contributed by atoms with E-state index in [1.165, 1.54) is 12.1 Å². The summed E-state index contributed by atoms with van der Waals surface area (Å²) in [4.78, 5) is 0. The van der Waals surface area contributed by atoms with Gasteiger partial charge in [-0.05, 0) is 0 Å². The summed E-state index contributed by atoms with van der Waals surface area (Å²) in [5.41, 5.74) is 0.928. The maximum absolute atomic E-state index is 12.1. The van der Waals surface area contributed by atoms with Gasteiger partial charge in [0.2, 0.25) is 0 Å². The second kappa shape index (κ2) is 4.59. The number of alkyl halides is 3. The maximum atomic E-state index is 12.1. The average molecular weight is 283 g/mol. The average Bonchev–Trinajstić information content (AvgIpc) is 2.06. The van der Waals surface area contributed by atoms with Crippen molar-refractivity contribution in [2.45, 2.75) is 17.8 Å². The van der Waals surface area contributed by atoms with Crippen LogP contribution in [0.1, 0.15) is 11.1 Å². The molecule has 0 unspecified atom stereocenters. The molecule has 14 heavy (non-hydrogen) atoms. The van der Waals surface area contributed by atoms with Gasteiger partial charge < -0.3 is 0 Å². The molecule has 1 aromatic carbocycles. The zero-order valence-electron chi connectivity index (χ0n) is 7.11. The minimum absolute atomic E-state index is 0.294. The van der Waals surface area contributed by atoms with Crippen LogP contribution in [-0.2, 0) is 11.6 Å². The second-order valence-electron chi connectivity index (χ2n) is 2.86. The fraction of sp³-hybridized carbons (Fsp3) is 0.333. The molecule has 2 radical (unpaired) electrons. The molecular weight excluding hydrogens is 275 g/mol. The van der Waals surface area contributed by atoms with Gasteiger partial charge in [-0.2, -0.15) is 0 Å². The van der Waals surface area contributed by atoms with Gasteiger partial charge in [-0.25, -0.2) is 0 Å². The van der Waals surface area contributed by atoms with Gasteiger partial charge in [0, 0.05) is 0 Å². The third kappa shape index (κ3) is 3.55. The van der Waals surface area contributed by atoms with E-state index in [1.54, 1.807) is 6.07 Å². The summed E-state index contributed by atoms with van der Waals surface area (Å²) in [5.74, 6) is 0. The van der Waals surface area contributed by atoms with Crippen LogP contribution in [0.4, 0.5) is 13.2 Å². The van der Waals surface area contributed by atoms with Crippen LogP contribution in [0.2, 0.25) is 5.02 Å². The van der Waals surface area contributed by atoms with Crippen LogP contribution in [0.25, 0.3) is 0 Å². The fourth-order valence-electron chi connectivity index (χ4n) is 1.13. The molecular formula is C9H7AsClF3. The van der Waals surface area contributed by atoms with Crippen molar-refractivity contribution < 1.29 is 13.2 Å². The van der Waals surface area contributed by atoms with Crippen LogP contribution in [0.15, 0.2) is 18.2 Å². The summed E-state index contributed by atoms with van der Waals surface area (Å²) in [7, 11) is 0. The monoisotopic (exact) mass is 282 g/mol. The minimum atomic E-state index is -4.16. The molecule has 0 aromatic heterocycles. The van der Waals surface area contributed by atoms with Crippen LogP contribution in [0.3, 0.4) is 0 Å². The van der Waals surface area contributed by atoms with Crippen LogP contribution in [0.5, 0.6) is 0 Å². The Labute approximate surface area is 93.9 Å². The van der Waals surface area contributed by atoms with E-state index < -0.39 is 12.6 Å². The summed E-state index contributed by atoms with van der Waals surface area (Å²) in [6.07, 6.45) is -5.05. The summed E-state index contributed by atoms with van der Waals surface area (Å²) in [6.45, 7) is 0. The molecule has 1 rings (SSSR count). The van der Waals surface area contributed by atoms with E-state index in [0.29, 0.717) is 21.4 Å². The molecule has 0 N–H and O–H groups in total. The Hall–Kier alpha value is -0.142. The first-order valence-corrected chi connectivity index (χ1v) is 5.58. The Kier molecular flexibility index (Phi) is 3.91. The van der Waals surface area contributed by atoms with Crippen molar-refractivity contribution in [3.05, 3.63) is 34.3 Å². The van der Waals surface area contributed by atoms with E-state index in [-0.39, 0.29) is 0 Å². The van der Waals surface area contributed by atoms with Gasteiger partial charge in [0.15, 0.2) is 0 Å². The van der Waals surface area contributed by atoms with Gasteiger partial charge in [0.25, 0.3) is 0 Å². The Morgan fingerprint density at radius 2 is 1.86 bits per heavy atom. The fourth-order valence-corrected chi connectivity index (χ4v) is 1.94.